The van der Waals surface area contributed by atoms with Crippen molar-refractivity contribution in [3.05, 3.63) is 41.6 Å². The van der Waals surface area contributed by atoms with E-state index < -0.39 is 0 Å². The molecule has 2 atom stereocenters. The lowest BCUT2D eigenvalue weighted by Gasteiger charge is -2.11. The van der Waals surface area contributed by atoms with Crippen molar-refractivity contribution in [2.75, 3.05) is 6.54 Å². The Hall–Kier alpha value is -1.45. The molecular formula is C14H16N2O. The van der Waals surface area contributed by atoms with Gasteiger partial charge in [0.05, 0.1) is 11.6 Å². The van der Waals surface area contributed by atoms with Crippen molar-refractivity contribution < 1.29 is 5.11 Å². The van der Waals surface area contributed by atoms with Gasteiger partial charge in [-0.2, -0.15) is 0 Å². The van der Waals surface area contributed by atoms with E-state index in [0.29, 0.717) is 6.54 Å². The van der Waals surface area contributed by atoms with E-state index in [4.69, 9.17) is 0 Å². The van der Waals surface area contributed by atoms with Crippen LogP contribution in [0.2, 0.25) is 0 Å². The zero-order valence-electron chi connectivity index (χ0n) is 9.85. The number of rotatable bonds is 1. The lowest BCUT2D eigenvalue weighted by Crippen LogP contribution is -2.14. The average Bonchev–Trinajstić information content (AvgIpc) is 2.75. The molecule has 3 nitrogen and oxygen atoms in total. The van der Waals surface area contributed by atoms with E-state index >= 15 is 0 Å². The van der Waals surface area contributed by atoms with Crippen molar-refractivity contribution >= 4 is 10.9 Å². The summed E-state index contributed by atoms with van der Waals surface area (Å²) in [5, 5.41) is 14.0. The van der Waals surface area contributed by atoms with Crippen LogP contribution < -0.4 is 5.32 Å². The van der Waals surface area contributed by atoms with Crippen LogP contribution in [0.4, 0.5) is 0 Å². The number of aliphatic hydroxyl groups excluding tert-OH is 1. The highest BCUT2D eigenvalue weighted by Crippen LogP contribution is 2.26. The van der Waals surface area contributed by atoms with Gasteiger partial charge in [0.15, 0.2) is 0 Å². The van der Waals surface area contributed by atoms with E-state index in [-0.39, 0.29) is 12.1 Å². The molecule has 1 fully saturated rings. The minimum atomic E-state index is -0.216. The van der Waals surface area contributed by atoms with Gasteiger partial charge in [-0.05, 0) is 37.1 Å². The molecule has 1 aromatic heterocycles. The summed E-state index contributed by atoms with van der Waals surface area (Å²) in [5.41, 5.74) is 3.31. The van der Waals surface area contributed by atoms with Gasteiger partial charge in [-0.1, -0.05) is 12.1 Å². The summed E-state index contributed by atoms with van der Waals surface area (Å²) in [4.78, 5) is 4.49. The van der Waals surface area contributed by atoms with E-state index in [1.807, 2.05) is 13.0 Å². The van der Waals surface area contributed by atoms with Crippen LogP contribution in [0.3, 0.4) is 0 Å². The fourth-order valence-corrected chi connectivity index (χ4v) is 2.43. The molecule has 3 rings (SSSR count). The summed E-state index contributed by atoms with van der Waals surface area (Å²) in [6, 6.07) is 10.7. The van der Waals surface area contributed by atoms with Crippen LogP contribution in [0.1, 0.15) is 23.7 Å². The summed E-state index contributed by atoms with van der Waals surface area (Å²) in [6.45, 7) is 2.69. The molecule has 1 saturated heterocycles. The van der Waals surface area contributed by atoms with Crippen LogP contribution >= 0.6 is 0 Å². The molecule has 17 heavy (non-hydrogen) atoms. The van der Waals surface area contributed by atoms with Crippen LogP contribution in [0, 0.1) is 6.92 Å². The van der Waals surface area contributed by atoms with Crippen LogP contribution in [0.25, 0.3) is 10.9 Å². The fourth-order valence-electron chi connectivity index (χ4n) is 2.43. The molecule has 0 spiro atoms. The molecule has 2 aromatic rings. The molecule has 2 heterocycles. The Balaban J connectivity index is 1.99. The van der Waals surface area contributed by atoms with Crippen molar-refractivity contribution in [2.45, 2.75) is 25.5 Å². The Morgan fingerprint density at radius 1 is 1.29 bits per heavy atom. The van der Waals surface area contributed by atoms with Gasteiger partial charge in [0.2, 0.25) is 0 Å². The maximum absolute atomic E-state index is 9.54. The number of aliphatic hydroxyl groups is 1. The molecular weight excluding hydrogens is 212 g/mol. The molecule has 0 amide bonds. The minimum Gasteiger partial charge on any atom is -0.392 e. The topological polar surface area (TPSA) is 45.1 Å². The van der Waals surface area contributed by atoms with E-state index in [2.05, 4.69) is 34.6 Å². The highest BCUT2D eigenvalue weighted by Gasteiger charge is 2.23. The van der Waals surface area contributed by atoms with Crippen molar-refractivity contribution in [3.63, 3.8) is 0 Å². The standard InChI is InChI=1S/C14H16N2O/c1-9-2-3-10-6-11(4-5-13(10)16-9)14-7-12(17)8-15-14/h2-6,12,14-15,17H,7-8H2,1H3. The van der Waals surface area contributed by atoms with Crippen LogP contribution in [0.5, 0.6) is 0 Å². The third-order valence-electron chi connectivity index (χ3n) is 3.36. The van der Waals surface area contributed by atoms with Gasteiger partial charge in [-0.25, -0.2) is 0 Å². The number of fused-ring (bicyclic) bond motifs is 1. The predicted molar refractivity (Wildman–Crippen MR) is 67.8 cm³/mol. The van der Waals surface area contributed by atoms with E-state index in [1.54, 1.807) is 0 Å². The van der Waals surface area contributed by atoms with Crippen molar-refractivity contribution in [1.82, 2.24) is 10.3 Å². The summed E-state index contributed by atoms with van der Waals surface area (Å²) in [5.74, 6) is 0. The number of hydrogen-bond acceptors (Lipinski definition) is 3. The van der Waals surface area contributed by atoms with E-state index in [9.17, 15) is 5.11 Å². The highest BCUT2D eigenvalue weighted by molar-refractivity contribution is 5.79. The lowest BCUT2D eigenvalue weighted by molar-refractivity contribution is 0.193. The monoisotopic (exact) mass is 228 g/mol. The minimum absolute atomic E-state index is 0.216. The van der Waals surface area contributed by atoms with Crippen LogP contribution in [0.15, 0.2) is 30.3 Å². The first-order valence-corrected chi connectivity index (χ1v) is 6.01. The largest absolute Gasteiger partial charge is 0.392 e. The Labute approximate surface area is 100 Å². The first kappa shape index (κ1) is 10.7. The molecule has 2 unspecified atom stereocenters. The molecule has 1 aliphatic rings. The SMILES string of the molecule is Cc1ccc2cc(C3CC(O)CN3)ccc2n1. The Kier molecular flexibility index (Phi) is 2.57. The zero-order chi connectivity index (χ0) is 11.8. The summed E-state index contributed by atoms with van der Waals surface area (Å²) >= 11 is 0. The summed E-state index contributed by atoms with van der Waals surface area (Å²) in [6.07, 6.45) is 0.581. The van der Waals surface area contributed by atoms with Gasteiger partial charge in [-0.15, -0.1) is 0 Å². The van der Waals surface area contributed by atoms with Crippen molar-refractivity contribution in [3.8, 4) is 0 Å². The Morgan fingerprint density at radius 3 is 2.94 bits per heavy atom. The first-order valence-electron chi connectivity index (χ1n) is 6.01. The number of nitrogens with zero attached hydrogens (tertiary/aromatic N) is 1. The molecule has 0 aliphatic carbocycles. The maximum Gasteiger partial charge on any atom is 0.0705 e. The van der Waals surface area contributed by atoms with E-state index in [1.165, 1.54) is 5.56 Å². The Bertz CT molecular complexity index is 553. The smallest absolute Gasteiger partial charge is 0.0705 e. The number of pyridine rings is 1. The second-order valence-electron chi connectivity index (χ2n) is 4.76. The van der Waals surface area contributed by atoms with Crippen LogP contribution in [-0.4, -0.2) is 22.7 Å². The van der Waals surface area contributed by atoms with Gasteiger partial charge >= 0.3 is 0 Å². The summed E-state index contributed by atoms with van der Waals surface area (Å²) in [7, 11) is 0. The average molecular weight is 228 g/mol. The number of β-amino-alcohol motifs (C(OH)–C–C–N with tert-alkyl or cyclic N) is 1. The van der Waals surface area contributed by atoms with Gasteiger partial charge in [0.1, 0.15) is 0 Å². The lowest BCUT2D eigenvalue weighted by atomic mass is 10.0. The first-order chi connectivity index (χ1) is 8.22. The van der Waals surface area contributed by atoms with Crippen molar-refractivity contribution in [2.24, 2.45) is 0 Å². The highest BCUT2D eigenvalue weighted by atomic mass is 16.3. The molecule has 0 saturated carbocycles. The maximum atomic E-state index is 9.54. The fraction of sp³-hybridized carbons (Fsp3) is 0.357. The molecule has 1 aliphatic heterocycles. The quantitative estimate of drug-likeness (QED) is 0.784. The second-order valence-corrected chi connectivity index (χ2v) is 4.76. The molecule has 3 heteroatoms. The number of aryl methyl sites for hydroxylation is 1. The molecule has 88 valence electrons. The van der Waals surface area contributed by atoms with E-state index in [0.717, 1.165) is 23.0 Å². The number of aromatic nitrogens is 1. The van der Waals surface area contributed by atoms with Crippen molar-refractivity contribution in [1.29, 1.82) is 0 Å². The van der Waals surface area contributed by atoms with Gasteiger partial charge in [0.25, 0.3) is 0 Å². The summed E-state index contributed by atoms with van der Waals surface area (Å²) < 4.78 is 0. The normalized spacial score (nSPS) is 24.4. The predicted octanol–water partition coefficient (Wildman–Crippen LogP) is 1.94. The number of nitrogens with one attached hydrogen (secondary N) is 1. The number of hydrogen-bond donors (Lipinski definition) is 2. The number of benzene rings is 1. The molecule has 1 aromatic carbocycles. The zero-order valence-corrected chi connectivity index (χ0v) is 9.85. The third kappa shape index (κ3) is 2.04. The molecule has 0 radical (unpaired) electrons. The molecule has 0 bridgehead atoms. The van der Waals surface area contributed by atoms with Gasteiger partial charge < -0.3 is 10.4 Å². The third-order valence-corrected chi connectivity index (χ3v) is 3.36. The van der Waals surface area contributed by atoms with Gasteiger partial charge in [0, 0.05) is 23.7 Å². The van der Waals surface area contributed by atoms with Gasteiger partial charge in [-0.3, -0.25) is 4.98 Å². The molecule has 2 N–H and O–H groups in total. The second kappa shape index (κ2) is 4.09. The Morgan fingerprint density at radius 2 is 2.18 bits per heavy atom. The van der Waals surface area contributed by atoms with Crippen LogP contribution in [-0.2, 0) is 0 Å².